The van der Waals surface area contributed by atoms with Crippen molar-refractivity contribution < 1.29 is 46.5 Å². The molecular weight excluding hydrogens is 541 g/mol. The molecule has 1 heterocycles. The second-order valence-corrected chi connectivity index (χ2v) is 10.3. The first-order chi connectivity index (χ1) is 18.5. The summed E-state index contributed by atoms with van der Waals surface area (Å²) in [6.45, 7) is 0.218. The fourth-order valence-corrected chi connectivity index (χ4v) is 4.62. The number of benzene rings is 2. The summed E-state index contributed by atoms with van der Waals surface area (Å²) >= 11 is 0. The van der Waals surface area contributed by atoms with Crippen LogP contribution in [0.3, 0.4) is 0 Å². The lowest BCUT2D eigenvalue weighted by molar-refractivity contribution is -0.151. The van der Waals surface area contributed by atoms with Crippen LogP contribution >= 0.6 is 0 Å². The van der Waals surface area contributed by atoms with E-state index < -0.39 is 66.5 Å². The van der Waals surface area contributed by atoms with Crippen LogP contribution < -0.4 is 10.6 Å². The molecule has 0 aliphatic carbocycles. The van der Waals surface area contributed by atoms with Crippen molar-refractivity contribution in [2.75, 3.05) is 13.1 Å². The number of rotatable bonds is 8. The van der Waals surface area contributed by atoms with E-state index in [1.807, 2.05) is 0 Å². The highest BCUT2D eigenvalue weighted by molar-refractivity contribution is 5.97. The Morgan fingerprint density at radius 3 is 2.30 bits per heavy atom. The number of aliphatic hydroxyl groups excluding tert-OH is 1. The molecule has 1 aliphatic rings. The van der Waals surface area contributed by atoms with Crippen molar-refractivity contribution in [1.82, 2.24) is 15.5 Å². The van der Waals surface area contributed by atoms with Gasteiger partial charge in [0.15, 0.2) is 6.10 Å². The molecule has 2 aromatic rings. The first-order valence-corrected chi connectivity index (χ1v) is 12.3. The number of aliphatic hydroxyl groups is 1. The number of phenols is 1. The number of aromatic hydroxyl groups is 1. The van der Waals surface area contributed by atoms with Crippen LogP contribution in [-0.4, -0.2) is 76.2 Å². The maximum atomic E-state index is 15.0. The van der Waals surface area contributed by atoms with Crippen molar-refractivity contribution in [3.63, 3.8) is 0 Å². The molecule has 0 aromatic heterocycles. The molecule has 218 valence electrons. The van der Waals surface area contributed by atoms with E-state index in [9.17, 15) is 46.5 Å². The number of nitrogens with zero attached hydrogens (tertiary/aromatic N) is 1. The van der Waals surface area contributed by atoms with Crippen LogP contribution in [0, 0.1) is 12.3 Å². The van der Waals surface area contributed by atoms with E-state index in [2.05, 4.69) is 5.32 Å². The zero-order valence-corrected chi connectivity index (χ0v) is 21.9. The van der Waals surface area contributed by atoms with Crippen molar-refractivity contribution in [3.8, 4) is 5.75 Å². The highest BCUT2D eigenvalue weighted by Crippen LogP contribution is 2.48. The molecule has 2 aromatic carbocycles. The first-order valence-electron chi connectivity index (χ1n) is 12.3. The average Bonchev–Trinajstić information content (AvgIpc) is 3.06. The number of halogens is 5. The van der Waals surface area contributed by atoms with E-state index in [4.69, 9.17) is 0 Å². The van der Waals surface area contributed by atoms with Crippen LogP contribution in [-0.2, 0) is 16.0 Å². The lowest BCUT2D eigenvalue weighted by Crippen LogP contribution is -2.58. The lowest BCUT2D eigenvalue weighted by atomic mass is 9.81. The minimum Gasteiger partial charge on any atom is -0.508 e. The monoisotopic (exact) mass is 571 g/mol. The normalized spacial score (nSPS) is 19.5. The smallest absolute Gasteiger partial charge is 0.405 e. The van der Waals surface area contributed by atoms with Gasteiger partial charge in [0.2, 0.25) is 5.91 Å². The van der Waals surface area contributed by atoms with Crippen molar-refractivity contribution >= 4 is 17.7 Å². The van der Waals surface area contributed by atoms with Crippen LogP contribution in [0.15, 0.2) is 48.5 Å². The third-order valence-corrected chi connectivity index (χ3v) is 7.10. The van der Waals surface area contributed by atoms with Gasteiger partial charge in [0.05, 0.1) is 18.0 Å². The molecule has 1 fully saturated rings. The molecule has 0 radical (unpaired) electrons. The fourth-order valence-electron chi connectivity index (χ4n) is 4.62. The minimum atomic E-state index is -4.83. The van der Waals surface area contributed by atoms with Gasteiger partial charge in [0.25, 0.3) is 17.7 Å². The Morgan fingerprint density at radius 1 is 1.07 bits per heavy atom. The topological polar surface area (TPSA) is 119 Å². The molecule has 2 unspecified atom stereocenters. The third kappa shape index (κ3) is 6.52. The summed E-state index contributed by atoms with van der Waals surface area (Å²) < 4.78 is 68.1. The summed E-state index contributed by atoms with van der Waals surface area (Å²) in [5, 5.41) is 25.1. The zero-order chi connectivity index (χ0) is 30.0. The number of amides is 3. The fraction of sp³-hybridized carbons (Fsp3) is 0.444. The van der Waals surface area contributed by atoms with E-state index in [1.54, 1.807) is 35.6 Å². The van der Waals surface area contributed by atoms with Gasteiger partial charge in [-0.1, -0.05) is 50.2 Å². The van der Waals surface area contributed by atoms with Gasteiger partial charge in [-0.05, 0) is 31.0 Å². The quantitative estimate of drug-likeness (QED) is 0.364. The number of alkyl halides is 5. The zero-order valence-electron chi connectivity index (χ0n) is 21.9. The molecule has 3 amide bonds. The predicted octanol–water partition coefficient (Wildman–Crippen LogP) is 2.95. The van der Waals surface area contributed by atoms with Gasteiger partial charge in [-0.3, -0.25) is 14.4 Å². The summed E-state index contributed by atoms with van der Waals surface area (Å²) in [6, 6.07) is 8.99. The van der Waals surface area contributed by atoms with Crippen molar-refractivity contribution in [1.29, 1.82) is 0 Å². The molecule has 1 saturated heterocycles. The first kappa shape index (κ1) is 30.8. The summed E-state index contributed by atoms with van der Waals surface area (Å²) in [7, 11) is 0. The Labute approximate surface area is 227 Å². The van der Waals surface area contributed by atoms with Crippen molar-refractivity contribution in [2.45, 2.75) is 57.5 Å². The van der Waals surface area contributed by atoms with Crippen LogP contribution in [0.2, 0.25) is 0 Å². The molecule has 3 atom stereocenters. The van der Waals surface area contributed by atoms with E-state index in [0.29, 0.717) is 10.5 Å². The Morgan fingerprint density at radius 2 is 1.70 bits per heavy atom. The van der Waals surface area contributed by atoms with Crippen LogP contribution in [0.1, 0.15) is 35.3 Å². The minimum absolute atomic E-state index is 0.0240. The number of hydrogen-bond acceptors (Lipinski definition) is 5. The Balaban J connectivity index is 1.94. The number of hydrogen-bond donors (Lipinski definition) is 4. The number of nitrogens with one attached hydrogen (secondary N) is 2. The summed E-state index contributed by atoms with van der Waals surface area (Å²) in [4.78, 5) is 39.6. The third-order valence-electron chi connectivity index (χ3n) is 7.10. The molecule has 3 rings (SSSR count). The lowest BCUT2D eigenvalue weighted by Gasteiger charge is -2.34. The van der Waals surface area contributed by atoms with E-state index >= 15 is 0 Å². The largest absolute Gasteiger partial charge is 0.508 e. The molecule has 40 heavy (non-hydrogen) atoms. The Kier molecular flexibility index (Phi) is 8.77. The van der Waals surface area contributed by atoms with Crippen LogP contribution in [0.4, 0.5) is 22.0 Å². The molecule has 0 bridgehead atoms. The van der Waals surface area contributed by atoms with Gasteiger partial charge in [0, 0.05) is 11.1 Å². The maximum absolute atomic E-state index is 15.0. The van der Waals surface area contributed by atoms with Gasteiger partial charge in [-0.25, -0.2) is 8.78 Å². The van der Waals surface area contributed by atoms with Crippen LogP contribution in [0.25, 0.3) is 0 Å². The highest BCUT2D eigenvalue weighted by Gasteiger charge is 2.64. The van der Waals surface area contributed by atoms with Crippen LogP contribution in [0.5, 0.6) is 5.75 Å². The van der Waals surface area contributed by atoms with Gasteiger partial charge in [-0.2, -0.15) is 13.2 Å². The molecular formula is C27H30F5N3O5. The van der Waals surface area contributed by atoms with Gasteiger partial charge in [-0.15, -0.1) is 0 Å². The Bertz CT molecular complexity index is 1250. The van der Waals surface area contributed by atoms with E-state index in [1.165, 1.54) is 25.1 Å². The van der Waals surface area contributed by atoms with Gasteiger partial charge in [0.1, 0.15) is 18.3 Å². The number of carbonyl (C=O) groups is 3. The van der Waals surface area contributed by atoms with Crippen molar-refractivity contribution in [2.24, 2.45) is 5.41 Å². The standard InChI is InChI=1S/C27H30F5N3O5/c1-15-17(10-7-11-19(15)36)22(38)34-18(12-16-8-5-4-6-9-16)20(37)24(40)35-14-26(28,29)25(2,3)21(35)23(39)33-13-27(30,31)32/h4-11,18,20-21,36-37H,12-14H2,1-3H3,(H,33,39)(H,34,38)/t18?,20-,21?/m0/s1. The molecule has 13 heteroatoms. The summed E-state index contributed by atoms with van der Waals surface area (Å²) in [6.07, 6.45) is -7.13. The number of phenolic OH excluding ortho intramolecular Hbond substituents is 1. The molecule has 8 nitrogen and oxygen atoms in total. The number of likely N-dealkylation sites (tertiary alicyclic amines) is 1. The van der Waals surface area contributed by atoms with Gasteiger partial charge < -0.3 is 25.7 Å². The predicted molar refractivity (Wildman–Crippen MR) is 134 cm³/mol. The second-order valence-electron chi connectivity index (χ2n) is 10.3. The average molecular weight is 572 g/mol. The highest BCUT2D eigenvalue weighted by atomic mass is 19.4. The Hall–Kier alpha value is -3.74. The number of carbonyl (C=O) groups excluding carboxylic acids is 3. The van der Waals surface area contributed by atoms with Crippen molar-refractivity contribution in [3.05, 3.63) is 65.2 Å². The van der Waals surface area contributed by atoms with Gasteiger partial charge >= 0.3 is 6.18 Å². The molecule has 4 N–H and O–H groups in total. The van der Waals surface area contributed by atoms with E-state index in [0.717, 1.165) is 13.8 Å². The second kappa shape index (κ2) is 11.4. The maximum Gasteiger partial charge on any atom is 0.405 e. The molecule has 1 aliphatic heterocycles. The summed E-state index contributed by atoms with van der Waals surface area (Å²) in [5.74, 6) is -7.49. The molecule has 0 spiro atoms. The van der Waals surface area contributed by atoms with E-state index in [-0.39, 0.29) is 23.3 Å². The SMILES string of the molecule is Cc1c(O)cccc1C(=O)NC(Cc1ccccc1)[C@H](O)C(=O)N1CC(F)(F)C(C)(C)C1C(=O)NCC(F)(F)F. The summed E-state index contributed by atoms with van der Waals surface area (Å²) in [5.41, 5.74) is -1.49. The molecule has 0 saturated carbocycles.